The highest BCUT2D eigenvalue weighted by molar-refractivity contribution is 5.14. The normalized spacial score (nSPS) is 11.3. The summed E-state index contributed by atoms with van der Waals surface area (Å²) in [6.07, 6.45) is 6.17. The number of aryl methyl sites for hydroxylation is 1. The third kappa shape index (κ3) is 2.74. The maximum absolute atomic E-state index is 5.46. The zero-order valence-electron chi connectivity index (χ0n) is 10.5. The first-order chi connectivity index (χ1) is 8.20. The van der Waals surface area contributed by atoms with Gasteiger partial charge in [0, 0.05) is 31.4 Å². The third-order valence-electron chi connectivity index (χ3n) is 2.47. The van der Waals surface area contributed by atoms with E-state index in [2.05, 4.69) is 36.1 Å². The Morgan fingerprint density at radius 3 is 3.00 bits per heavy atom. The second-order valence-electron chi connectivity index (χ2n) is 4.22. The quantitative estimate of drug-likeness (QED) is 0.858. The van der Waals surface area contributed by atoms with Gasteiger partial charge in [0.1, 0.15) is 12.1 Å². The molecule has 5 nitrogen and oxygen atoms in total. The molecule has 0 fully saturated rings. The van der Waals surface area contributed by atoms with E-state index >= 15 is 0 Å². The number of nitrogens with zero attached hydrogens (tertiary/aromatic N) is 3. The second kappa shape index (κ2) is 5.14. The van der Waals surface area contributed by atoms with Crippen molar-refractivity contribution in [2.75, 3.05) is 0 Å². The molecule has 0 saturated heterocycles. The van der Waals surface area contributed by atoms with Gasteiger partial charge in [-0.2, -0.15) is 4.98 Å². The van der Waals surface area contributed by atoms with E-state index in [-0.39, 0.29) is 0 Å². The summed E-state index contributed by atoms with van der Waals surface area (Å²) in [7, 11) is 0. The molecule has 0 aromatic carbocycles. The molecule has 0 bridgehead atoms. The minimum Gasteiger partial charge on any atom is -0.431 e. The zero-order chi connectivity index (χ0) is 12.3. The van der Waals surface area contributed by atoms with Gasteiger partial charge in [0.05, 0.1) is 5.69 Å². The van der Waals surface area contributed by atoms with Crippen molar-refractivity contribution >= 4 is 0 Å². The van der Waals surface area contributed by atoms with Crippen molar-refractivity contribution in [2.45, 2.75) is 39.8 Å². The van der Waals surface area contributed by atoms with Gasteiger partial charge >= 0.3 is 6.01 Å². The molecule has 17 heavy (non-hydrogen) atoms. The summed E-state index contributed by atoms with van der Waals surface area (Å²) in [5.74, 6) is 0.954. The number of rotatable bonds is 5. The highest BCUT2D eigenvalue weighted by Gasteiger charge is 2.09. The highest BCUT2D eigenvalue weighted by atomic mass is 16.4. The largest absolute Gasteiger partial charge is 0.431 e. The van der Waals surface area contributed by atoms with E-state index in [0.29, 0.717) is 12.1 Å². The Bertz CT molecular complexity index is 472. The van der Waals surface area contributed by atoms with E-state index in [0.717, 1.165) is 24.5 Å². The zero-order valence-corrected chi connectivity index (χ0v) is 10.5. The smallest absolute Gasteiger partial charge is 0.307 e. The molecule has 0 radical (unpaired) electrons. The number of hydrogen-bond donors (Lipinski definition) is 1. The minimum atomic E-state index is 0.439. The van der Waals surface area contributed by atoms with E-state index in [1.165, 1.54) is 0 Å². The Morgan fingerprint density at radius 2 is 2.29 bits per heavy atom. The van der Waals surface area contributed by atoms with Crippen molar-refractivity contribution in [3.63, 3.8) is 0 Å². The Balaban J connectivity index is 2.12. The van der Waals surface area contributed by atoms with E-state index in [1.54, 1.807) is 12.5 Å². The van der Waals surface area contributed by atoms with Gasteiger partial charge in [-0.3, -0.25) is 4.57 Å². The average molecular weight is 234 g/mol. The molecule has 0 aliphatic rings. The highest BCUT2D eigenvalue weighted by Crippen LogP contribution is 2.11. The van der Waals surface area contributed by atoms with Crippen LogP contribution in [0, 0.1) is 0 Å². The number of aromatic nitrogens is 3. The monoisotopic (exact) mass is 234 g/mol. The van der Waals surface area contributed by atoms with E-state index in [9.17, 15) is 0 Å². The van der Waals surface area contributed by atoms with Crippen LogP contribution in [0.4, 0.5) is 0 Å². The molecule has 5 heteroatoms. The van der Waals surface area contributed by atoms with Crippen molar-refractivity contribution < 1.29 is 4.42 Å². The first-order valence-electron chi connectivity index (χ1n) is 5.91. The van der Waals surface area contributed by atoms with Crippen molar-refractivity contribution in [1.82, 2.24) is 19.9 Å². The van der Waals surface area contributed by atoms with Crippen LogP contribution in [-0.4, -0.2) is 20.6 Å². The summed E-state index contributed by atoms with van der Waals surface area (Å²) in [5.41, 5.74) is 0.907. The lowest BCUT2D eigenvalue weighted by Crippen LogP contribution is -2.21. The van der Waals surface area contributed by atoms with Gasteiger partial charge in [-0.05, 0) is 0 Å². The maximum atomic E-state index is 5.46. The van der Waals surface area contributed by atoms with Crippen LogP contribution in [-0.2, 0) is 13.0 Å². The number of oxazole rings is 1. The van der Waals surface area contributed by atoms with Gasteiger partial charge in [-0.25, -0.2) is 4.98 Å². The number of hydrogen-bond acceptors (Lipinski definition) is 4. The summed E-state index contributed by atoms with van der Waals surface area (Å²) in [5, 5.41) is 3.30. The van der Waals surface area contributed by atoms with Crippen LogP contribution in [0.5, 0.6) is 0 Å². The van der Waals surface area contributed by atoms with E-state index in [1.807, 2.05) is 10.8 Å². The summed E-state index contributed by atoms with van der Waals surface area (Å²) >= 11 is 0. The van der Waals surface area contributed by atoms with Crippen LogP contribution < -0.4 is 5.32 Å². The first kappa shape index (κ1) is 11.9. The molecule has 0 atom stereocenters. The lowest BCUT2D eigenvalue weighted by molar-refractivity contribution is 0.518. The molecule has 2 aromatic heterocycles. The summed E-state index contributed by atoms with van der Waals surface area (Å²) in [6, 6.07) is 1.02. The SMILES string of the molecule is CCc1nccn1-c1nc(CNC(C)C)co1. The fourth-order valence-corrected chi connectivity index (χ4v) is 1.57. The Labute approximate surface area is 101 Å². The summed E-state index contributed by atoms with van der Waals surface area (Å²) in [4.78, 5) is 8.67. The molecular weight excluding hydrogens is 216 g/mol. The van der Waals surface area contributed by atoms with Crippen LogP contribution in [0.1, 0.15) is 32.3 Å². The summed E-state index contributed by atoms with van der Waals surface area (Å²) in [6.45, 7) is 6.98. The Hall–Kier alpha value is -1.62. The van der Waals surface area contributed by atoms with Crippen LogP contribution in [0.15, 0.2) is 23.1 Å². The molecule has 2 aromatic rings. The molecular formula is C12H18N4O. The van der Waals surface area contributed by atoms with Gasteiger partial charge in [-0.15, -0.1) is 0 Å². The molecule has 92 valence electrons. The predicted molar refractivity (Wildman–Crippen MR) is 65.0 cm³/mol. The fraction of sp³-hybridized carbons (Fsp3) is 0.500. The first-order valence-corrected chi connectivity index (χ1v) is 5.91. The van der Waals surface area contributed by atoms with Gasteiger partial charge in [0.2, 0.25) is 0 Å². The molecule has 0 aliphatic carbocycles. The third-order valence-corrected chi connectivity index (χ3v) is 2.47. The summed E-state index contributed by atoms with van der Waals surface area (Å²) < 4.78 is 7.33. The standard InChI is InChI=1S/C12H18N4O/c1-4-11-13-5-6-16(11)12-15-10(8-17-12)7-14-9(2)3/h5-6,8-9,14H,4,7H2,1-3H3. The molecule has 2 heterocycles. The molecule has 0 unspecified atom stereocenters. The topological polar surface area (TPSA) is 55.9 Å². The van der Waals surface area contributed by atoms with Crippen LogP contribution in [0.2, 0.25) is 0 Å². The van der Waals surface area contributed by atoms with Crippen LogP contribution in [0.3, 0.4) is 0 Å². The van der Waals surface area contributed by atoms with E-state index in [4.69, 9.17) is 4.42 Å². The molecule has 0 saturated carbocycles. The Morgan fingerprint density at radius 1 is 1.47 bits per heavy atom. The Kier molecular flexibility index (Phi) is 3.58. The van der Waals surface area contributed by atoms with Gasteiger partial charge < -0.3 is 9.73 Å². The molecule has 0 amide bonds. The van der Waals surface area contributed by atoms with E-state index < -0.39 is 0 Å². The van der Waals surface area contributed by atoms with Gasteiger partial charge in [0.15, 0.2) is 0 Å². The molecule has 1 N–H and O–H groups in total. The predicted octanol–water partition coefficient (Wildman–Crippen LogP) is 1.92. The van der Waals surface area contributed by atoms with Gasteiger partial charge in [0.25, 0.3) is 0 Å². The van der Waals surface area contributed by atoms with Crippen LogP contribution >= 0.6 is 0 Å². The fourth-order valence-electron chi connectivity index (χ4n) is 1.57. The number of nitrogens with one attached hydrogen (secondary N) is 1. The second-order valence-corrected chi connectivity index (χ2v) is 4.22. The molecule has 0 spiro atoms. The van der Waals surface area contributed by atoms with Crippen molar-refractivity contribution in [3.05, 3.63) is 30.2 Å². The molecule has 2 rings (SSSR count). The molecule has 0 aliphatic heterocycles. The van der Waals surface area contributed by atoms with Crippen LogP contribution in [0.25, 0.3) is 6.01 Å². The average Bonchev–Trinajstić information content (AvgIpc) is 2.94. The van der Waals surface area contributed by atoms with Crippen molar-refractivity contribution in [2.24, 2.45) is 0 Å². The van der Waals surface area contributed by atoms with Crippen molar-refractivity contribution in [1.29, 1.82) is 0 Å². The lowest BCUT2D eigenvalue weighted by atomic mass is 10.4. The van der Waals surface area contributed by atoms with Crippen molar-refractivity contribution in [3.8, 4) is 6.01 Å². The number of imidazole rings is 1. The minimum absolute atomic E-state index is 0.439. The van der Waals surface area contributed by atoms with Gasteiger partial charge in [-0.1, -0.05) is 20.8 Å². The lowest BCUT2D eigenvalue weighted by Gasteiger charge is -2.04. The maximum Gasteiger partial charge on any atom is 0.307 e.